The van der Waals surface area contributed by atoms with Crippen molar-refractivity contribution in [2.24, 2.45) is 4.36 Å². The Morgan fingerprint density at radius 3 is 2.59 bits per heavy atom. The number of aromatic nitrogens is 3. The molecule has 1 aromatic carbocycles. The largest absolute Gasteiger partial charge is 0.474 e. The predicted octanol–water partition coefficient (Wildman–Crippen LogP) is 3.74. The van der Waals surface area contributed by atoms with Crippen molar-refractivity contribution in [3.05, 3.63) is 48.9 Å². The van der Waals surface area contributed by atoms with Crippen LogP contribution in [0.5, 0.6) is 0 Å². The maximum atomic E-state index is 13.1. The number of amides is 1. The summed E-state index contributed by atoms with van der Waals surface area (Å²) in [7, 11) is -3.61. The minimum absolute atomic E-state index is 0.0494. The van der Waals surface area contributed by atoms with Gasteiger partial charge in [-0.2, -0.15) is 18.3 Å². The van der Waals surface area contributed by atoms with Crippen LogP contribution in [0, 0.1) is 0 Å². The van der Waals surface area contributed by atoms with Crippen molar-refractivity contribution in [2.75, 3.05) is 0 Å². The highest BCUT2D eigenvalue weighted by atomic mass is 32.2. The second kappa shape index (κ2) is 6.76. The molecule has 0 bridgehead atoms. The summed E-state index contributed by atoms with van der Waals surface area (Å²) < 4.78 is 55.6. The number of pyridine rings is 1. The lowest BCUT2D eigenvalue weighted by Crippen LogP contribution is -2.24. The van der Waals surface area contributed by atoms with Crippen LogP contribution in [0.4, 0.5) is 13.2 Å². The van der Waals surface area contributed by atoms with Crippen LogP contribution in [-0.2, 0) is 14.5 Å². The van der Waals surface area contributed by atoms with Gasteiger partial charge in [-0.3, -0.25) is 9.78 Å². The SMILES string of the molecule is CC(C)S(=O)(=NC(=O)C(F)(F)F)c1ccc2nn(-c3cccnc3)cc2c1. The summed E-state index contributed by atoms with van der Waals surface area (Å²) in [4.78, 5) is 15.4. The standard InChI is InChI=1S/C17H15F3N4O2S/c1-11(2)27(26,23-16(25)17(18,19)20)14-5-6-15-12(8-14)10-24(22-15)13-4-3-7-21-9-13/h3-11H,1-2H3. The van der Waals surface area contributed by atoms with Gasteiger partial charge in [0.1, 0.15) is 0 Å². The van der Waals surface area contributed by atoms with E-state index in [9.17, 15) is 22.2 Å². The van der Waals surface area contributed by atoms with E-state index in [0.29, 0.717) is 16.6 Å². The van der Waals surface area contributed by atoms with Gasteiger partial charge in [-0.15, -0.1) is 4.36 Å². The lowest BCUT2D eigenvalue weighted by molar-refractivity contribution is -0.169. The van der Waals surface area contributed by atoms with E-state index < -0.39 is 27.1 Å². The van der Waals surface area contributed by atoms with Crippen molar-refractivity contribution >= 4 is 26.5 Å². The lowest BCUT2D eigenvalue weighted by atomic mass is 10.3. The Morgan fingerprint density at radius 1 is 1.26 bits per heavy atom. The number of benzene rings is 1. The highest BCUT2D eigenvalue weighted by Crippen LogP contribution is 2.26. The minimum atomic E-state index is -5.17. The van der Waals surface area contributed by atoms with Crippen LogP contribution in [0.25, 0.3) is 16.6 Å². The van der Waals surface area contributed by atoms with Crippen molar-refractivity contribution in [3.8, 4) is 5.69 Å². The van der Waals surface area contributed by atoms with Gasteiger partial charge in [0.15, 0.2) is 0 Å². The third kappa shape index (κ3) is 3.70. The van der Waals surface area contributed by atoms with E-state index >= 15 is 0 Å². The number of fused-ring (bicyclic) bond motifs is 1. The van der Waals surface area contributed by atoms with E-state index in [2.05, 4.69) is 14.4 Å². The second-order valence-electron chi connectivity index (χ2n) is 6.02. The number of carbonyl (C=O) groups excluding carboxylic acids is 1. The Labute approximate surface area is 153 Å². The average Bonchev–Trinajstić information content (AvgIpc) is 3.04. The van der Waals surface area contributed by atoms with Crippen LogP contribution >= 0.6 is 0 Å². The van der Waals surface area contributed by atoms with Gasteiger partial charge in [0.2, 0.25) is 0 Å². The van der Waals surface area contributed by atoms with E-state index in [1.54, 1.807) is 35.4 Å². The topological polar surface area (TPSA) is 77.2 Å². The normalized spacial score (nSPS) is 14.3. The molecule has 0 aliphatic rings. The Bertz CT molecular complexity index is 1110. The summed E-state index contributed by atoms with van der Waals surface area (Å²) in [6, 6.07) is 7.89. The van der Waals surface area contributed by atoms with Crippen molar-refractivity contribution < 1.29 is 22.2 Å². The van der Waals surface area contributed by atoms with Crippen LogP contribution in [0.2, 0.25) is 0 Å². The summed E-state index contributed by atoms with van der Waals surface area (Å²) in [5.74, 6) is -2.35. The number of carbonyl (C=O) groups is 1. The lowest BCUT2D eigenvalue weighted by Gasteiger charge is -2.14. The first-order valence-electron chi connectivity index (χ1n) is 7.88. The first-order valence-corrected chi connectivity index (χ1v) is 9.46. The number of alkyl halides is 3. The fourth-order valence-electron chi connectivity index (χ4n) is 2.41. The summed E-state index contributed by atoms with van der Waals surface area (Å²) in [6.07, 6.45) is -0.322. The molecular weight excluding hydrogens is 381 g/mol. The van der Waals surface area contributed by atoms with E-state index in [1.165, 1.54) is 32.0 Å². The molecular formula is C17H15F3N4O2S. The van der Waals surface area contributed by atoms with Gasteiger partial charge >= 0.3 is 12.1 Å². The summed E-state index contributed by atoms with van der Waals surface area (Å²) in [5, 5.41) is 4.12. The first-order chi connectivity index (χ1) is 12.6. The molecule has 0 fully saturated rings. The molecule has 3 aromatic rings. The van der Waals surface area contributed by atoms with Gasteiger partial charge in [0.05, 0.1) is 27.1 Å². The zero-order chi connectivity index (χ0) is 19.8. The summed E-state index contributed by atoms with van der Waals surface area (Å²) in [5.41, 5.74) is 1.24. The quantitative estimate of drug-likeness (QED) is 0.676. The van der Waals surface area contributed by atoms with Gasteiger partial charge < -0.3 is 0 Å². The Morgan fingerprint density at radius 2 is 2.00 bits per heavy atom. The zero-order valence-electron chi connectivity index (χ0n) is 14.3. The van der Waals surface area contributed by atoms with Crippen LogP contribution < -0.4 is 0 Å². The molecule has 0 saturated heterocycles. The van der Waals surface area contributed by atoms with Crippen LogP contribution in [-0.4, -0.2) is 36.3 Å². The van der Waals surface area contributed by atoms with Crippen molar-refractivity contribution in [1.82, 2.24) is 14.8 Å². The molecule has 1 amide bonds. The van der Waals surface area contributed by atoms with Crippen molar-refractivity contribution in [3.63, 3.8) is 0 Å². The number of halogens is 3. The van der Waals surface area contributed by atoms with E-state index in [4.69, 9.17) is 0 Å². The molecule has 0 saturated carbocycles. The highest BCUT2D eigenvalue weighted by molar-refractivity contribution is 7.94. The Balaban J connectivity index is 2.13. The summed E-state index contributed by atoms with van der Waals surface area (Å²) in [6.45, 7) is 2.91. The zero-order valence-corrected chi connectivity index (χ0v) is 15.2. The van der Waals surface area contributed by atoms with Crippen LogP contribution in [0.3, 0.4) is 0 Å². The van der Waals surface area contributed by atoms with E-state index in [1.807, 2.05) is 0 Å². The van der Waals surface area contributed by atoms with Crippen molar-refractivity contribution in [1.29, 1.82) is 0 Å². The Hall–Kier alpha value is -2.75. The third-order valence-corrected chi connectivity index (χ3v) is 6.47. The average molecular weight is 396 g/mol. The van der Waals surface area contributed by atoms with Gasteiger partial charge in [-0.25, -0.2) is 8.89 Å². The molecule has 0 aliphatic heterocycles. The van der Waals surface area contributed by atoms with Gasteiger partial charge in [-0.1, -0.05) is 0 Å². The molecule has 0 spiro atoms. The molecule has 6 nitrogen and oxygen atoms in total. The second-order valence-corrected chi connectivity index (χ2v) is 8.75. The molecule has 2 aromatic heterocycles. The molecule has 3 rings (SSSR count). The molecule has 27 heavy (non-hydrogen) atoms. The molecule has 0 N–H and O–H groups in total. The van der Waals surface area contributed by atoms with Crippen molar-refractivity contribution in [2.45, 2.75) is 30.2 Å². The molecule has 2 heterocycles. The molecule has 1 atom stereocenters. The molecule has 1 unspecified atom stereocenters. The monoisotopic (exact) mass is 396 g/mol. The van der Waals surface area contributed by atoms with E-state index in [-0.39, 0.29) is 4.90 Å². The molecule has 0 radical (unpaired) electrons. The van der Waals surface area contributed by atoms with Gasteiger partial charge in [0, 0.05) is 27.9 Å². The van der Waals surface area contributed by atoms with Gasteiger partial charge in [0.25, 0.3) is 0 Å². The fraction of sp³-hybridized carbons (Fsp3) is 0.235. The fourth-order valence-corrected chi connectivity index (χ4v) is 4.18. The molecule has 10 heteroatoms. The smallest absolute Gasteiger partial charge is 0.262 e. The highest BCUT2D eigenvalue weighted by Gasteiger charge is 2.40. The maximum Gasteiger partial charge on any atom is 0.474 e. The Kier molecular flexibility index (Phi) is 4.77. The van der Waals surface area contributed by atoms with E-state index in [0.717, 1.165) is 0 Å². The van der Waals surface area contributed by atoms with Crippen LogP contribution in [0.1, 0.15) is 13.8 Å². The predicted molar refractivity (Wildman–Crippen MR) is 93.9 cm³/mol. The number of hydrogen-bond acceptors (Lipinski definition) is 4. The number of hydrogen-bond donors (Lipinski definition) is 0. The number of nitrogens with zero attached hydrogens (tertiary/aromatic N) is 4. The summed E-state index contributed by atoms with van der Waals surface area (Å²) >= 11 is 0. The van der Waals surface area contributed by atoms with Gasteiger partial charge in [-0.05, 0) is 44.2 Å². The molecule has 142 valence electrons. The maximum absolute atomic E-state index is 13.1. The first kappa shape index (κ1) is 19.0. The van der Waals surface area contributed by atoms with Crippen LogP contribution in [0.15, 0.2) is 58.2 Å². The number of rotatable bonds is 3. The third-order valence-electron chi connectivity index (χ3n) is 3.82. The molecule has 0 aliphatic carbocycles. The minimum Gasteiger partial charge on any atom is -0.262 e.